The summed E-state index contributed by atoms with van der Waals surface area (Å²) in [5.74, 6) is 0. The molecule has 192 valence electrons. The minimum absolute atomic E-state index is 0. The molecule has 0 aliphatic heterocycles. The first kappa shape index (κ1) is 31.7. The minimum Gasteiger partial charge on any atom is -0.744 e. The van der Waals surface area contributed by atoms with E-state index in [0.717, 1.165) is 34.7 Å². The third-order valence-corrected chi connectivity index (χ3v) is 8.36. The van der Waals surface area contributed by atoms with Crippen LogP contribution in [0, 0.1) is 0 Å². The van der Waals surface area contributed by atoms with Gasteiger partial charge in [-0.1, -0.05) is 88.4 Å². The molecule has 0 unspecified atom stereocenters. The Hall–Kier alpha value is -1.52. The standard InChI is InChI=1S/2C14H16O3S.Ca/c2*1-3-10-6-5-7-13-12(10)9-8-11(4-2)14(13)18(15,16)17;/h2*5-9H,3-4H2,1-2H3,(H,15,16,17);/q;;+2/p-2. The van der Waals surface area contributed by atoms with Crippen molar-refractivity contribution in [2.75, 3.05) is 0 Å². The van der Waals surface area contributed by atoms with E-state index >= 15 is 0 Å². The maximum absolute atomic E-state index is 11.5. The van der Waals surface area contributed by atoms with Crippen molar-refractivity contribution in [2.24, 2.45) is 0 Å². The molecule has 0 bridgehead atoms. The third-order valence-electron chi connectivity index (χ3n) is 6.39. The van der Waals surface area contributed by atoms with Crippen LogP contribution >= 0.6 is 0 Å². The number of rotatable bonds is 6. The fourth-order valence-corrected chi connectivity index (χ4v) is 6.61. The van der Waals surface area contributed by atoms with Gasteiger partial charge >= 0.3 is 37.7 Å². The number of hydrogen-bond donors (Lipinski definition) is 0. The SMILES string of the molecule is CCc1ccc2c(CC)cccc2c1S(=O)(=O)[O-].CCc1ccc2c(CC)cccc2c1S(=O)(=O)[O-].[Ca+2]. The fraction of sp³-hybridized carbons (Fsp3) is 0.286. The van der Waals surface area contributed by atoms with E-state index in [1.165, 1.54) is 0 Å². The molecule has 4 rings (SSSR count). The van der Waals surface area contributed by atoms with Gasteiger partial charge in [-0.3, -0.25) is 0 Å². The van der Waals surface area contributed by atoms with Crippen LogP contribution in [0.25, 0.3) is 21.5 Å². The third kappa shape index (κ3) is 6.92. The van der Waals surface area contributed by atoms with Crippen molar-refractivity contribution >= 4 is 79.5 Å². The zero-order chi connectivity index (χ0) is 26.7. The van der Waals surface area contributed by atoms with Crippen LogP contribution < -0.4 is 0 Å². The van der Waals surface area contributed by atoms with Crippen molar-refractivity contribution in [1.82, 2.24) is 0 Å². The summed E-state index contributed by atoms with van der Waals surface area (Å²) < 4.78 is 68.8. The molecule has 0 N–H and O–H groups in total. The van der Waals surface area contributed by atoms with Crippen LogP contribution in [0.15, 0.2) is 70.5 Å². The Morgan fingerprint density at radius 1 is 0.486 bits per heavy atom. The topological polar surface area (TPSA) is 114 Å². The monoisotopic (exact) mass is 566 g/mol. The van der Waals surface area contributed by atoms with E-state index < -0.39 is 20.2 Å². The van der Waals surface area contributed by atoms with Crippen molar-refractivity contribution < 1.29 is 25.9 Å². The van der Waals surface area contributed by atoms with E-state index in [4.69, 9.17) is 0 Å². The van der Waals surface area contributed by atoms with Gasteiger partial charge in [0, 0.05) is 0 Å². The van der Waals surface area contributed by atoms with Crippen molar-refractivity contribution in [3.63, 3.8) is 0 Å². The average molecular weight is 567 g/mol. The normalized spacial score (nSPS) is 11.6. The van der Waals surface area contributed by atoms with E-state index in [2.05, 4.69) is 0 Å². The van der Waals surface area contributed by atoms with Gasteiger partial charge in [0.25, 0.3) is 0 Å². The summed E-state index contributed by atoms with van der Waals surface area (Å²) >= 11 is 0. The van der Waals surface area contributed by atoms with Crippen molar-refractivity contribution in [3.8, 4) is 0 Å². The summed E-state index contributed by atoms with van der Waals surface area (Å²) in [7, 11) is -8.89. The predicted octanol–water partition coefficient (Wildman–Crippen LogP) is 5.36. The van der Waals surface area contributed by atoms with Crippen LogP contribution in [-0.4, -0.2) is 63.7 Å². The number of hydrogen-bond acceptors (Lipinski definition) is 6. The van der Waals surface area contributed by atoms with Gasteiger partial charge in [-0.2, -0.15) is 0 Å². The van der Waals surface area contributed by atoms with Crippen molar-refractivity contribution in [1.29, 1.82) is 0 Å². The molecular weight excluding hydrogens is 537 g/mol. The Bertz CT molecular complexity index is 1500. The smallest absolute Gasteiger partial charge is 0.744 e. The molecule has 4 aromatic rings. The first-order valence-corrected chi connectivity index (χ1v) is 14.8. The van der Waals surface area contributed by atoms with Crippen LogP contribution in [0.1, 0.15) is 49.9 Å². The second kappa shape index (κ2) is 13.0. The summed E-state index contributed by atoms with van der Waals surface area (Å²) in [6, 6.07) is 18.2. The van der Waals surface area contributed by atoms with Crippen LogP contribution in [0.5, 0.6) is 0 Å². The van der Waals surface area contributed by atoms with Gasteiger partial charge in [0.1, 0.15) is 20.2 Å². The molecule has 0 aromatic heterocycles. The molecule has 0 amide bonds. The minimum atomic E-state index is -4.45. The molecular formula is C28H30CaO6S2. The Kier molecular flexibility index (Phi) is 11.2. The second-order valence-electron chi connectivity index (χ2n) is 8.45. The number of aryl methyl sites for hydroxylation is 4. The van der Waals surface area contributed by atoms with Crippen LogP contribution in [-0.2, 0) is 45.9 Å². The van der Waals surface area contributed by atoms with E-state index in [1.54, 1.807) is 36.4 Å². The van der Waals surface area contributed by atoms with Gasteiger partial charge in [-0.25, -0.2) is 16.8 Å². The zero-order valence-corrected chi connectivity index (χ0v) is 25.4. The van der Waals surface area contributed by atoms with Crippen LogP contribution in [0.4, 0.5) is 0 Å². The average Bonchev–Trinajstić information content (AvgIpc) is 2.85. The van der Waals surface area contributed by atoms with Gasteiger partial charge in [-0.05, 0) is 69.5 Å². The van der Waals surface area contributed by atoms with Crippen molar-refractivity contribution in [2.45, 2.75) is 63.2 Å². The molecule has 6 nitrogen and oxygen atoms in total. The largest absolute Gasteiger partial charge is 2.00 e. The first-order valence-electron chi connectivity index (χ1n) is 12.0. The second-order valence-corrected chi connectivity index (χ2v) is 11.1. The van der Waals surface area contributed by atoms with E-state index in [9.17, 15) is 25.9 Å². The fourth-order valence-electron chi connectivity index (χ4n) is 4.64. The van der Waals surface area contributed by atoms with E-state index in [1.807, 2.05) is 52.0 Å². The molecule has 4 aromatic carbocycles. The van der Waals surface area contributed by atoms with Crippen LogP contribution in [0.3, 0.4) is 0 Å². The predicted molar refractivity (Wildman–Crippen MR) is 147 cm³/mol. The van der Waals surface area contributed by atoms with Gasteiger partial charge in [-0.15, -0.1) is 0 Å². The van der Waals surface area contributed by atoms with Gasteiger partial charge in [0.2, 0.25) is 0 Å². The van der Waals surface area contributed by atoms with Gasteiger partial charge < -0.3 is 9.11 Å². The summed E-state index contributed by atoms with van der Waals surface area (Å²) in [6.45, 7) is 7.71. The number of benzene rings is 4. The molecule has 0 saturated heterocycles. The Labute approximate surface area is 249 Å². The molecule has 0 radical (unpaired) electrons. The Morgan fingerprint density at radius 3 is 1.08 bits per heavy atom. The molecule has 0 heterocycles. The molecule has 0 aliphatic carbocycles. The molecule has 0 atom stereocenters. The van der Waals surface area contributed by atoms with Gasteiger partial charge in [0.05, 0.1) is 9.79 Å². The maximum atomic E-state index is 11.5. The summed E-state index contributed by atoms with van der Waals surface area (Å²) in [4.78, 5) is -0.115. The van der Waals surface area contributed by atoms with Crippen molar-refractivity contribution in [3.05, 3.63) is 82.9 Å². The van der Waals surface area contributed by atoms with E-state index in [-0.39, 0.29) is 47.5 Å². The molecule has 0 aliphatic rings. The molecule has 9 heteroatoms. The van der Waals surface area contributed by atoms with Gasteiger partial charge in [0.15, 0.2) is 0 Å². The van der Waals surface area contributed by atoms with Crippen LogP contribution in [0.2, 0.25) is 0 Å². The molecule has 0 fully saturated rings. The zero-order valence-electron chi connectivity index (χ0n) is 21.6. The quantitative estimate of drug-likeness (QED) is 0.229. The Morgan fingerprint density at radius 2 is 0.811 bits per heavy atom. The van der Waals surface area contributed by atoms with E-state index in [0.29, 0.717) is 34.7 Å². The number of fused-ring (bicyclic) bond motifs is 2. The Balaban J connectivity index is 0.000000253. The summed E-state index contributed by atoms with van der Waals surface area (Å²) in [5.41, 5.74) is 3.29. The first-order chi connectivity index (χ1) is 17.0. The summed E-state index contributed by atoms with van der Waals surface area (Å²) in [6.07, 6.45) is 2.68. The summed E-state index contributed by atoms with van der Waals surface area (Å²) in [5, 5.41) is 2.80. The molecule has 0 spiro atoms. The molecule has 37 heavy (non-hydrogen) atoms. The maximum Gasteiger partial charge on any atom is 2.00 e. The molecule has 0 saturated carbocycles.